The second kappa shape index (κ2) is 26.6. The number of rotatable bonds is 7. The first kappa shape index (κ1) is 71.2. The number of furan rings is 1. The summed E-state index contributed by atoms with van der Waals surface area (Å²) in [6.07, 6.45) is 23.2. The Kier molecular flexibility index (Phi) is 15.3. The number of hydrogen-bond acceptors (Lipinski definition) is 8. The lowest BCUT2D eigenvalue weighted by Gasteiger charge is -2.41. The van der Waals surface area contributed by atoms with E-state index in [2.05, 4.69) is 285 Å². The molecule has 2 atom stereocenters. The second-order valence-corrected chi connectivity index (χ2v) is 40.8. The van der Waals surface area contributed by atoms with Crippen LogP contribution in [0, 0.1) is 0 Å². The van der Waals surface area contributed by atoms with Crippen LogP contribution in [0.3, 0.4) is 0 Å². The third-order valence-corrected chi connectivity index (χ3v) is 35.2. The molecule has 0 amide bonds. The van der Waals surface area contributed by atoms with Crippen LogP contribution in [0.1, 0.15) is 178 Å². The van der Waals surface area contributed by atoms with E-state index in [1.54, 1.807) is 39.2 Å². The minimum absolute atomic E-state index is 0.0279. The van der Waals surface area contributed by atoms with Crippen LogP contribution in [0.15, 0.2) is 290 Å². The molecule has 0 aliphatic heterocycles. The van der Waals surface area contributed by atoms with Crippen LogP contribution in [0.2, 0.25) is 0 Å². The van der Waals surface area contributed by atoms with Crippen molar-refractivity contribution in [2.24, 2.45) is 0 Å². The number of fused-ring (bicyclic) bond motifs is 32. The molecule has 0 radical (unpaired) electrons. The van der Waals surface area contributed by atoms with E-state index in [0.29, 0.717) is 17.5 Å². The zero-order valence-corrected chi connectivity index (χ0v) is 71.5. The van der Waals surface area contributed by atoms with Crippen molar-refractivity contribution in [3.05, 3.63) is 335 Å². The van der Waals surface area contributed by atoms with Crippen LogP contribution in [0.25, 0.3) is 195 Å². The summed E-state index contributed by atoms with van der Waals surface area (Å²) in [6, 6.07) is 110. The van der Waals surface area contributed by atoms with Gasteiger partial charge in [-0.05, 0) is 265 Å². The number of thiophene rings is 3. The minimum Gasteiger partial charge on any atom is -0.438 e. The predicted molar refractivity (Wildman–Crippen MR) is 518 cm³/mol. The summed E-state index contributed by atoms with van der Waals surface area (Å²) in [5.41, 5.74) is 38.2. The highest BCUT2D eigenvalue weighted by Crippen LogP contribution is 2.67. The molecule has 14 aromatic carbocycles. The van der Waals surface area contributed by atoms with Crippen LogP contribution in [-0.4, -0.2) is 19.9 Å². The molecule has 8 aliphatic carbocycles. The van der Waals surface area contributed by atoms with Crippen molar-refractivity contribution in [3.8, 4) is 112 Å². The summed E-state index contributed by atoms with van der Waals surface area (Å²) >= 11 is 5.48. The standard InChI is InChI=1S/C116H86N4OS3/c1-6-25-67(26-7-1)105-103-81-47-42-73(61-99(81)121-111(103)119-109(117-105)83-35-22-33-79-89-57-69(43-48-101(89)122-107(79)83)71-40-45-77-87-64-95-85(62-96(87)114(93(77)59-71)52-18-4-19-53-114)75-30-10-13-37-91(75)113(95)50-16-3-17-51-113)74-29-24-56-116(66-74)92-38-14-11-31-76(92)86-63-97-88(65-98(86)116)78-46-41-72(60-94(78)115(97)54-20-5-21-55-115)70-44-49-102-90(58-70)80-34-23-36-84(108(80)123-102)110-118-106(68-27-8-2-9-28-68)104-82-32-12-15-39-100(82)124-112(104)120-110/h1-2,6-15,22-23,25-28,30-49,57-65,74H,3-5,16-21,24,29,50-56,66H2. The smallest absolute Gasteiger partial charge is 0.231 e. The fraction of sp³-hybridized carbons (Fsp3) is 0.207. The highest BCUT2D eigenvalue weighted by Gasteiger charge is 2.53. The maximum Gasteiger partial charge on any atom is 0.231 e. The first-order chi connectivity index (χ1) is 61.3. The van der Waals surface area contributed by atoms with Gasteiger partial charge in [-0.3, -0.25) is 0 Å². The molecule has 0 bridgehead atoms. The molecule has 0 N–H and O–H groups in total. The van der Waals surface area contributed by atoms with Crippen LogP contribution in [0.5, 0.6) is 0 Å². The third-order valence-electron chi connectivity index (χ3n) is 31.7. The largest absolute Gasteiger partial charge is 0.438 e. The van der Waals surface area contributed by atoms with Gasteiger partial charge >= 0.3 is 0 Å². The molecular formula is C116H86N4OS3. The van der Waals surface area contributed by atoms with Crippen LogP contribution in [0.4, 0.5) is 0 Å². The molecule has 4 saturated carbocycles. The molecule has 8 heteroatoms. The molecule has 8 aliphatic rings. The van der Waals surface area contributed by atoms with Gasteiger partial charge in [0.2, 0.25) is 5.71 Å². The Morgan fingerprint density at radius 2 is 0.694 bits per heavy atom. The topological polar surface area (TPSA) is 64.7 Å². The molecule has 4 spiro atoms. The maximum atomic E-state index is 7.24. The lowest BCUT2D eigenvalue weighted by Crippen LogP contribution is -2.32. The van der Waals surface area contributed by atoms with E-state index >= 15 is 0 Å². The van der Waals surface area contributed by atoms with Crippen molar-refractivity contribution < 1.29 is 4.42 Å². The lowest BCUT2D eigenvalue weighted by molar-refractivity contribution is 0.316. The zero-order chi connectivity index (χ0) is 80.9. The van der Waals surface area contributed by atoms with Gasteiger partial charge in [-0.15, -0.1) is 34.0 Å². The number of aromatic nitrogens is 4. The molecular weight excluding hydrogens is 1560 g/mol. The van der Waals surface area contributed by atoms with E-state index < -0.39 is 0 Å². The van der Waals surface area contributed by atoms with Crippen LogP contribution in [-0.2, 0) is 21.7 Å². The summed E-state index contributed by atoms with van der Waals surface area (Å²) in [7, 11) is 0. The highest BCUT2D eigenvalue weighted by atomic mass is 32.1. The first-order valence-corrected chi connectivity index (χ1v) is 48.1. The Morgan fingerprint density at radius 1 is 0.266 bits per heavy atom. The molecule has 594 valence electrons. The van der Waals surface area contributed by atoms with E-state index in [4.69, 9.17) is 24.4 Å². The molecule has 0 saturated heterocycles. The maximum absolute atomic E-state index is 7.24. The Morgan fingerprint density at radius 3 is 1.26 bits per heavy atom. The SMILES string of the molecule is c1ccc(-c2nc(-c3cccc4c3sc3ccc(-c5ccc6c(c5)C5(CCCCC5)c5cc7c(cc5-6)C5(CCCCC5)c5ccccc5-7)cc34)nc3oc4cc(C5CCCC6(C5)c5ccccc5-c5cc7c(cc56)-c5ccc(-c6ccc8sc9c(-c%10nc(-c%11ccccc%11)c%11c(n%10)sc%10ccccc%10%11)cccc9c8c6)cc5C75CCCCC5)ccc4c23)cc1. The van der Waals surface area contributed by atoms with E-state index in [-0.39, 0.29) is 21.7 Å². The van der Waals surface area contributed by atoms with Crippen LogP contribution >= 0.6 is 34.0 Å². The average Bonchev–Trinajstić information content (AvgIpc) is 1.52. The normalized spacial score (nSPS) is 18.5. The first-order valence-electron chi connectivity index (χ1n) is 45.6. The van der Waals surface area contributed by atoms with Crippen molar-refractivity contribution in [3.63, 3.8) is 0 Å². The fourth-order valence-electron chi connectivity index (χ4n) is 26.1. The average molecular weight is 1650 g/mol. The second-order valence-electron chi connectivity index (χ2n) is 37.6. The monoisotopic (exact) mass is 1650 g/mol. The van der Waals surface area contributed by atoms with Crippen molar-refractivity contribution >= 4 is 117 Å². The van der Waals surface area contributed by atoms with Gasteiger partial charge in [0.1, 0.15) is 10.4 Å². The van der Waals surface area contributed by atoms with Gasteiger partial charge in [0.15, 0.2) is 11.6 Å². The summed E-state index contributed by atoms with van der Waals surface area (Å²) in [4.78, 5) is 23.1. The van der Waals surface area contributed by atoms with Crippen molar-refractivity contribution in [2.45, 2.75) is 150 Å². The van der Waals surface area contributed by atoms with Gasteiger partial charge in [0.25, 0.3) is 0 Å². The lowest BCUT2D eigenvalue weighted by atomic mass is 9.62. The molecule has 124 heavy (non-hydrogen) atoms. The zero-order valence-electron chi connectivity index (χ0n) is 69.1. The summed E-state index contributed by atoms with van der Waals surface area (Å²) < 4.78 is 13.4. The number of hydrogen-bond donors (Lipinski definition) is 0. The number of nitrogens with zero attached hydrogens (tertiary/aromatic N) is 4. The molecule has 28 rings (SSSR count). The van der Waals surface area contributed by atoms with E-state index in [1.807, 2.05) is 22.7 Å². The van der Waals surface area contributed by atoms with Crippen LogP contribution < -0.4 is 0 Å². The molecule has 2 unspecified atom stereocenters. The van der Waals surface area contributed by atoms with Gasteiger partial charge in [0, 0.05) is 105 Å². The minimum atomic E-state index is -0.147. The van der Waals surface area contributed by atoms with Gasteiger partial charge in [0.05, 0.1) is 16.8 Å². The molecule has 6 aromatic heterocycles. The summed E-state index contributed by atoms with van der Waals surface area (Å²) in [6.45, 7) is 0. The Balaban J connectivity index is 0.508. The molecule has 6 heterocycles. The Labute approximate surface area is 732 Å². The Hall–Kier alpha value is -12.3. The number of benzene rings is 14. The summed E-state index contributed by atoms with van der Waals surface area (Å²) in [5.74, 6) is 1.77. The Bertz CT molecular complexity index is 8010. The third kappa shape index (κ3) is 10.0. The molecule has 4 fully saturated rings. The highest BCUT2D eigenvalue weighted by molar-refractivity contribution is 7.27. The van der Waals surface area contributed by atoms with E-state index in [9.17, 15) is 0 Å². The predicted octanol–water partition coefficient (Wildman–Crippen LogP) is 32.6. The van der Waals surface area contributed by atoms with Gasteiger partial charge in [-0.2, -0.15) is 4.98 Å². The van der Waals surface area contributed by atoms with Gasteiger partial charge in [-0.1, -0.05) is 264 Å². The fourth-order valence-corrected chi connectivity index (χ4v) is 29.6. The summed E-state index contributed by atoms with van der Waals surface area (Å²) in [5, 5.41) is 9.40. The van der Waals surface area contributed by atoms with E-state index in [0.717, 1.165) is 91.7 Å². The van der Waals surface area contributed by atoms with E-state index in [1.165, 1.54) is 236 Å². The van der Waals surface area contributed by atoms with Gasteiger partial charge < -0.3 is 4.42 Å². The van der Waals surface area contributed by atoms with Gasteiger partial charge in [-0.25, -0.2) is 15.0 Å². The van der Waals surface area contributed by atoms with Crippen molar-refractivity contribution in [1.82, 2.24) is 19.9 Å². The van der Waals surface area contributed by atoms with Crippen molar-refractivity contribution in [1.29, 1.82) is 0 Å². The quantitative estimate of drug-likeness (QED) is 0.159. The molecule has 20 aromatic rings. The molecule has 5 nitrogen and oxygen atoms in total. The van der Waals surface area contributed by atoms with Crippen molar-refractivity contribution in [2.75, 3.05) is 0 Å².